The van der Waals surface area contributed by atoms with Gasteiger partial charge in [-0.3, -0.25) is 4.79 Å². The molecule has 0 atom stereocenters. The standard InChI is InChI=1S/C26H21FN2O3/c1-31-25-15-18(13-14-24(25)32-17-20-8-3-5-12-23(20)27)16-28-29-26(30)22-11-6-9-19-7-2-4-10-21(19)22/h2-16H,17H2,1H3,(H,29,30)/b28-16-. The second-order valence-corrected chi connectivity index (χ2v) is 7.02. The molecule has 1 N–H and O–H groups in total. The number of carbonyl (C=O) groups excluding carboxylic acids is 1. The molecule has 0 saturated heterocycles. The fourth-order valence-electron chi connectivity index (χ4n) is 3.30. The number of nitrogens with zero attached hydrogens (tertiary/aromatic N) is 1. The molecule has 32 heavy (non-hydrogen) atoms. The molecule has 0 spiro atoms. The third-order valence-corrected chi connectivity index (χ3v) is 4.94. The van der Waals surface area contributed by atoms with E-state index in [1.807, 2.05) is 36.4 Å². The van der Waals surface area contributed by atoms with Gasteiger partial charge in [-0.1, -0.05) is 54.6 Å². The average Bonchev–Trinajstić information content (AvgIpc) is 2.83. The highest BCUT2D eigenvalue weighted by molar-refractivity contribution is 6.07. The summed E-state index contributed by atoms with van der Waals surface area (Å²) in [6.45, 7) is 0.0809. The van der Waals surface area contributed by atoms with Crippen LogP contribution in [-0.2, 0) is 6.61 Å². The number of nitrogens with one attached hydrogen (secondary N) is 1. The lowest BCUT2D eigenvalue weighted by atomic mass is 10.0. The third-order valence-electron chi connectivity index (χ3n) is 4.94. The molecule has 0 saturated carbocycles. The Morgan fingerprint density at radius 3 is 2.59 bits per heavy atom. The van der Waals surface area contributed by atoms with E-state index in [4.69, 9.17) is 9.47 Å². The number of rotatable bonds is 7. The van der Waals surface area contributed by atoms with Gasteiger partial charge in [0, 0.05) is 11.1 Å². The number of hydrazone groups is 1. The SMILES string of the molecule is COc1cc(/C=N\NC(=O)c2cccc3ccccc23)ccc1OCc1ccccc1F. The van der Waals surface area contributed by atoms with Crippen molar-refractivity contribution in [3.05, 3.63) is 107 Å². The van der Waals surface area contributed by atoms with Crippen LogP contribution in [0.1, 0.15) is 21.5 Å². The van der Waals surface area contributed by atoms with Gasteiger partial charge in [-0.25, -0.2) is 9.82 Å². The number of amides is 1. The molecule has 0 aliphatic rings. The minimum absolute atomic E-state index is 0.0809. The molecule has 0 radical (unpaired) electrons. The Kier molecular flexibility index (Phi) is 6.41. The molecule has 160 valence electrons. The Bertz CT molecular complexity index is 1280. The monoisotopic (exact) mass is 428 g/mol. The Labute approximate surface area is 185 Å². The molecule has 4 rings (SSSR count). The lowest BCUT2D eigenvalue weighted by Gasteiger charge is -2.11. The summed E-state index contributed by atoms with van der Waals surface area (Å²) in [6.07, 6.45) is 1.52. The van der Waals surface area contributed by atoms with Crippen LogP contribution in [0.2, 0.25) is 0 Å². The Morgan fingerprint density at radius 1 is 0.969 bits per heavy atom. The first-order valence-electron chi connectivity index (χ1n) is 10.0. The summed E-state index contributed by atoms with van der Waals surface area (Å²) in [5.41, 5.74) is 4.27. The number of hydrogen-bond donors (Lipinski definition) is 1. The summed E-state index contributed by atoms with van der Waals surface area (Å²) >= 11 is 0. The van der Waals surface area contributed by atoms with Crippen LogP contribution in [0, 0.1) is 5.82 Å². The van der Waals surface area contributed by atoms with Gasteiger partial charge < -0.3 is 9.47 Å². The summed E-state index contributed by atoms with van der Waals surface area (Å²) in [5, 5.41) is 5.91. The van der Waals surface area contributed by atoms with E-state index in [2.05, 4.69) is 10.5 Å². The Balaban J connectivity index is 1.43. The quantitative estimate of drug-likeness (QED) is 0.320. The summed E-state index contributed by atoms with van der Waals surface area (Å²) in [7, 11) is 1.52. The highest BCUT2D eigenvalue weighted by atomic mass is 19.1. The predicted octanol–water partition coefficient (Wildman–Crippen LogP) is 5.33. The van der Waals surface area contributed by atoms with Crippen molar-refractivity contribution in [2.75, 3.05) is 7.11 Å². The fraction of sp³-hybridized carbons (Fsp3) is 0.0769. The molecular formula is C26H21FN2O3. The van der Waals surface area contributed by atoms with E-state index >= 15 is 0 Å². The van der Waals surface area contributed by atoms with E-state index in [9.17, 15) is 9.18 Å². The lowest BCUT2D eigenvalue weighted by molar-refractivity contribution is 0.0957. The number of halogens is 1. The van der Waals surface area contributed by atoms with Crippen molar-refractivity contribution >= 4 is 22.9 Å². The van der Waals surface area contributed by atoms with Crippen LogP contribution in [0.25, 0.3) is 10.8 Å². The summed E-state index contributed by atoms with van der Waals surface area (Å²) in [4.78, 5) is 12.6. The molecule has 0 aliphatic heterocycles. The van der Waals surface area contributed by atoms with E-state index in [0.29, 0.717) is 28.2 Å². The molecule has 5 nitrogen and oxygen atoms in total. The van der Waals surface area contributed by atoms with E-state index in [1.54, 1.807) is 42.5 Å². The second kappa shape index (κ2) is 9.75. The molecule has 1 amide bonds. The molecule has 6 heteroatoms. The topological polar surface area (TPSA) is 59.9 Å². The molecule has 4 aromatic carbocycles. The van der Waals surface area contributed by atoms with E-state index in [1.165, 1.54) is 19.4 Å². The van der Waals surface area contributed by atoms with Gasteiger partial charge in [-0.05, 0) is 46.7 Å². The number of hydrogen-bond acceptors (Lipinski definition) is 4. The van der Waals surface area contributed by atoms with Gasteiger partial charge in [-0.15, -0.1) is 0 Å². The Morgan fingerprint density at radius 2 is 1.75 bits per heavy atom. The van der Waals surface area contributed by atoms with Gasteiger partial charge >= 0.3 is 0 Å². The Hall–Kier alpha value is -4.19. The maximum Gasteiger partial charge on any atom is 0.271 e. The number of ether oxygens (including phenoxy) is 2. The first-order chi connectivity index (χ1) is 15.7. The molecule has 0 aromatic heterocycles. The molecule has 0 heterocycles. The fourth-order valence-corrected chi connectivity index (χ4v) is 3.30. The molecule has 0 bridgehead atoms. The van der Waals surface area contributed by atoms with Crippen molar-refractivity contribution in [1.29, 1.82) is 0 Å². The average molecular weight is 428 g/mol. The van der Waals surface area contributed by atoms with Crippen molar-refractivity contribution in [1.82, 2.24) is 5.43 Å². The minimum Gasteiger partial charge on any atom is -0.493 e. The predicted molar refractivity (Wildman–Crippen MR) is 123 cm³/mol. The zero-order valence-corrected chi connectivity index (χ0v) is 17.4. The number of fused-ring (bicyclic) bond motifs is 1. The maximum atomic E-state index is 13.8. The maximum absolute atomic E-state index is 13.8. The normalized spacial score (nSPS) is 10.9. The smallest absolute Gasteiger partial charge is 0.271 e. The summed E-state index contributed by atoms with van der Waals surface area (Å²) < 4.78 is 24.9. The van der Waals surface area contributed by atoms with Crippen molar-refractivity contribution in [3.8, 4) is 11.5 Å². The van der Waals surface area contributed by atoms with E-state index in [-0.39, 0.29) is 18.3 Å². The van der Waals surface area contributed by atoms with E-state index < -0.39 is 0 Å². The number of carbonyl (C=O) groups is 1. The van der Waals surface area contributed by atoms with Gasteiger partial charge in [0.15, 0.2) is 11.5 Å². The molecule has 4 aromatic rings. The van der Waals surface area contributed by atoms with Gasteiger partial charge in [0.1, 0.15) is 12.4 Å². The van der Waals surface area contributed by atoms with Gasteiger partial charge in [0.2, 0.25) is 0 Å². The molecule has 0 unspecified atom stereocenters. The van der Waals surface area contributed by atoms with Crippen LogP contribution in [0.5, 0.6) is 11.5 Å². The van der Waals surface area contributed by atoms with Crippen molar-refractivity contribution in [2.24, 2.45) is 5.10 Å². The largest absolute Gasteiger partial charge is 0.493 e. The molecule has 0 fully saturated rings. The van der Waals surface area contributed by atoms with Crippen LogP contribution in [0.15, 0.2) is 90.0 Å². The van der Waals surface area contributed by atoms with Gasteiger partial charge in [0.25, 0.3) is 5.91 Å². The zero-order chi connectivity index (χ0) is 22.3. The minimum atomic E-state index is -0.322. The lowest BCUT2D eigenvalue weighted by Crippen LogP contribution is -2.17. The van der Waals surface area contributed by atoms with Crippen LogP contribution in [0.4, 0.5) is 4.39 Å². The number of methoxy groups -OCH3 is 1. The van der Waals surface area contributed by atoms with Crippen molar-refractivity contribution in [3.63, 3.8) is 0 Å². The highest BCUT2D eigenvalue weighted by Gasteiger charge is 2.10. The van der Waals surface area contributed by atoms with E-state index in [0.717, 1.165) is 10.8 Å². The van der Waals surface area contributed by atoms with Gasteiger partial charge in [0.05, 0.1) is 13.3 Å². The summed E-state index contributed by atoms with van der Waals surface area (Å²) in [6, 6.07) is 24.9. The second-order valence-electron chi connectivity index (χ2n) is 7.02. The third kappa shape index (κ3) is 4.75. The van der Waals surface area contributed by atoms with Gasteiger partial charge in [-0.2, -0.15) is 5.10 Å². The number of benzene rings is 4. The molecular weight excluding hydrogens is 407 g/mol. The van der Waals surface area contributed by atoms with Crippen LogP contribution >= 0.6 is 0 Å². The zero-order valence-electron chi connectivity index (χ0n) is 17.4. The molecule has 0 aliphatic carbocycles. The van der Waals surface area contributed by atoms with Crippen LogP contribution in [0.3, 0.4) is 0 Å². The first-order valence-corrected chi connectivity index (χ1v) is 10.0. The van der Waals surface area contributed by atoms with Crippen LogP contribution < -0.4 is 14.9 Å². The van der Waals surface area contributed by atoms with Crippen LogP contribution in [-0.4, -0.2) is 19.2 Å². The van der Waals surface area contributed by atoms with Crippen molar-refractivity contribution in [2.45, 2.75) is 6.61 Å². The highest BCUT2D eigenvalue weighted by Crippen LogP contribution is 2.28. The summed E-state index contributed by atoms with van der Waals surface area (Å²) in [5.74, 6) is 0.338. The van der Waals surface area contributed by atoms with Crippen molar-refractivity contribution < 1.29 is 18.7 Å². The first kappa shape index (κ1) is 21.1.